The quantitative estimate of drug-likeness (QED) is 0.163. The summed E-state index contributed by atoms with van der Waals surface area (Å²) in [5.41, 5.74) is 15.2. The van der Waals surface area contributed by atoms with E-state index in [1.165, 1.54) is 77.7 Å². The van der Waals surface area contributed by atoms with Crippen molar-refractivity contribution < 1.29 is 4.57 Å². The summed E-state index contributed by atoms with van der Waals surface area (Å²) in [6, 6.07) is 59.4. The predicted octanol–water partition coefficient (Wildman–Crippen LogP) is 11.6. The van der Waals surface area contributed by atoms with Gasteiger partial charge in [0.25, 0.3) is 0 Å². The van der Waals surface area contributed by atoms with Crippen LogP contribution in [-0.2, 0) is 17.4 Å². The van der Waals surface area contributed by atoms with Crippen molar-refractivity contribution in [2.45, 2.75) is 50.5 Å². The molecule has 8 aromatic rings. The molecule has 2 nitrogen and oxygen atoms in total. The minimum atomic E-state index is -0.520. The molecule has 0 amide bonds. The minimum absolute atomic E-state index is 0.124. The van der Waals surface area contributed by atoms with Crippen molar-refractivity contribution >= 4 is 21.8 Å². The van der Waals surface area contributed by atoms with Gasteiger partial charge in [0.1, 0.15) is 0 Å². The molecule has 0 N–H and O–H groups in total. The van der Waals surface area contributed by atoms with E-state index < -0.39 is 5.41 Å². The molecule has 6 aromatic carbocycles. The largest absolute Gasteiger partial charge is 0.309 e. The Balaban J connectivity index is 1.33. The summed E-state index contributed by atoms with van der Waals surface area (Å²) in [6.45, 7) is 4.71. The molecule has 0 fully saturated rings. The van der Waals surface area contributed by atoms with Crippen LogP contribution in [0.3, 0.4) is 0 Å². The fraction of sp³-hybridized carbons (Fsp3) is 0.163. The molecule has 2 heteroatoms. The molecule has 0 spiro atoms. The Hall–Kier alpha value is -5.73. The number of nitrogens with zero attached hydrogens (tertiary/aromatic N) is 2. The second kappa shape index (κ2) is 11.4. The Kier molecular flexibility index (Phi) is 6.73. The van der Waals surface area contributed by atoms with Gasteiger partial charge in [-0.05, 0) is 81.8 Å². The second-order valence-electron chi connectivity index (χ2n) is 14.5. The van der Waals surface area contributed by atoms with Crippen LogP contribution >= 0.6 is 0 Å². The maximum atomic E-state index is 2.59. The van der Waals surface area contributed by atoms with Crippen LogP contribution in [0.4, 0.5) is 0 Å². The third-order valence-corrected chi connectivity index (χ3v) is 12.4. The fourth-order valence-electron chi connectivity index (χ4n) is 9.82. The Morgan fingerprint density at radius 1 is 0.588 bits per heavy atom. The zero-order valence-electron chi connectivity index (χ0n) is 29.3. The van der Waals surface area contributed by atoms with Gasteiger partial charge in [-0.25, -0.2) is 0 Å². The fourth-order valence-corrected chi connectivity index (χ4v) is 9.82. The molecule has 0 saturated heterocycles. The SMILES string of the molecule is CCC1(CC)CCc2ccc(-c3cc4c5c(c3)c3ccccc3n5-c3ccccc3C4(c3ccccc3)c3ccccc3)cc2-c2cccc[n+]21. The zero-order valence-corrected chi connectivity index (χ0v) is 29.3. The molecular weight excluding hydrogens is 617 g/mol. The average molecular weight is 658 g/mol. The van der Waals surface area contributed by atoms with E-state index in [0.29, 0.717) is 0 Å². The molecule has 0 aliphatic carbocycles. The average Bonchev–Trinajstić information content (AvgIpc) is 3.47. The van der Waals surface area contributed by atoms with Crippen molar-refractivity contribution in [3.05, 3.63) is 192 Å². The van der Waals surface area contributed by atoms with Crippen molar-refractivity contribution in [1.82, 2.24) is 4.57 Å². The number of benzene rings is 6. The number of hydrogen-bond donors (Lipinski definition) is 0. The first-order chi connectivity index (χ1) is 25.2. The lowest BCUT2D eigenvalue weighted by atomic mass is 9.63. The van der Waals surface area contributed by atoms with Gasteiger partial charge in [0.2, 0.25) is 5.69 Å². The lowest BCUT2D eigenvalue weighted by Gasteiger charge is -2.42. The number of hydrogen-bond acceptors (Lipinski definition) is 0. The van der Waals surface area contributed by atoms with Gasteiger partial charge < -0.3 is 4.57 Å². The highest BCUT2D eigenvalue weighted by atomic mass is 15.1. The van der Waals surface area contributed by atoms with Gasteiger partial charge in [-0.1, -0.05) is 123 Å². The normalized spacial score (nSPS) is 15.2. The lowest BCUT2D eigenvalue weighted by Crippen LogP contribution is -2.56. The summed E-state index contributed by atoms with van der Waals surface area (Å²) < 4.78 is 5.12. The molecule has 0 saturated carbocycles. The molecule has 10 rings (SSSR count). The molecular formula is C49H41N2+. The number of pyridine rings is 1. The van der Waals surface area contributed by atoms with Crippen molar-refractivity contribution in [2.24, 2.45) is 0 Å². The maximum Gasteiger partial charge on any atom is 0.213 e. The first-order valence-electron chi connectivity index (χ1n) is 18.6. The Morgan fingerprint density at radius 2 is 1.27 bits per heavy atom. The van der Waals surface area contributed by atoms with Crippen LogP contribution in [0.15, 0.2) is 164 Å². The van der Waals surface area contributed by atoms with E-state index in [2.05, 4.69) is 187 Å². The van der Waals surface area contributed by atoms with Gasteiger partial charge in [-0.15, -0.1) is 0 Å². The molecule has 0 unspecified atom stereocenters. The van der Waals surface area contributed by atoms with Gasteiger partial charge in [0.15, 0.2) is 11.7 Å². The monoisotopic (exact) mass is 657 g/mol. The van der Waals surface area contributed by atoms with E-state index in [-0.39, 0.29) is 5.54 Å². The highest BCUT2D eigenvalue weighted by Crippen LogP contribution is 2.55. The minimum Gasteiger partial charge on any atom is -0.309 e. The van der Waals surface area contributed by atoms with Gasteiger partial charge in [0.05, 0.1) is 22.1 Å². The third-order valence-electron chi connectivity index (χ3n) is 12.4. The molecule has 0 atom stereocenters. The van der Waals surface area contributed by atoms with Crippen LogP contribution in [0.25, 0.3) is 49.9 Å². The second-order valence-corrected chi connectivity index (χ2v) is 14.5. The molecule has 4 heterocycles. The summed E-state index contributed by atoms with van der Waals surface area (Å²) in [5.74, 6) is 0. The standard InChI is InChI=1S/C49H41N2/c1-3-48(4-2)29-28-34-26-27-35(31-40(34)44-23-15-16-30-50(44)48)36-32-41-39-21-11-13-24-45(39)51-46-25-14-12-22-42(46)49(43(33-36)47(41)51,37-17-7-5-8-18-37)38-19-9-6-10-20-38/h5-27,30-33H,3-4,28-29H2,1-2H3/q+1. The Bertz CT molecular complexity index is 2570. The van der Waals surface area contributed by atoms with E-state index in [4.69, 9.17) is 0 Å². The van der Waals surface area contributed by atoms with E-state index >= 15 is 0 Å². The molecule has 246 valence electrons. The van der Waals surface area contributed by atoms with Crippen molar-refractivity contribution in [2.75, 3.05) is 0 Å². The van der Waals surface area contributed by atoms with Crippen LogP contribution in [0.1, 0.15) is 60.9 Å². The number of aryl methyl sites for hydroxylation is 1. The van der Waals surface area contributed by atoms with Crippen molar-refractivity contribution in [3.63, 3.8) is 0 Å². The topological polar surface area (TPSA) is 8.81 Å². The van der Waals surface area contributed by atoms with E-state index in [0.717, 1.165) is 25.7 Å². The van der Waals surface area contributed by atoms with Crippen LogP contribution in [0.2, 0.25) is 0 Å². The van der Waals surface area contributed by atoms with Gasteiger partial charge in [-0.2, -0.15) is 4.57 Å². The third kappa shape index (κ3) is 4.14. The van der Waals surface area contributed by atoms with Gasteiger partial charge in [-0.3, -0.25) is 0 Å². The summed E-state index contributed by atoms with van der Waals surface area (Å²) in [7, 11) is 0. The first-order valence-corrected chi connectivity index (χ1v) is 18.6. The Morgan fingerprint density at radius 3 is 2.04 bits per heavy atom. The lowest BCUT2D eigenvalue weighted by molar-refractivity contribution is -0.757. The van der Waals surface area contributed by atoms with E-state index in [9.17, 15) is 0 Å². The summed E-state index contributed by atoms with van der Waals surface area (Å²) in [4.78, 5) is 0. The molecule has 51 heavy (non-hydrogen) atoms. The highest BCUT2D eigenvalue weighted by Gasteiger charge is 2.46. The van der Waals surface area contributed by atoms with Gasteiger partial charge >= 0.3 is 0 Å². The number of para-hydroxylation sites is 2. The smallest absolute Gasteiger partial charge is 0.213 e. The molecule has 2 aliphatic rings. The maximum absolute atomic E-state index is 2.59. The van der Waals surface area contributed by atoms with Crippen molar-refractivity contribution in [1.29, 1.82) is 0 Å². The molecule has 2 aromatic heterocycles. The van der Waals surface area contributed by atoms with E-state index in [1.54, 1.807) is 0 Å². The number of aromatic nitrogens is 2. The predicted molar refractivity (Wildman–Crippen MR) is 211 cm³/mol. The van der Waals surface area contributed by atoms with Crippen LogP contribution in [0, 0.1) is 0 Å². The van der Waals surface area contributed by atoms with Crippen LogP contribution < -0.4 is 4.57 Å². The Labute approximate surface area is 300 Å². The van der Waals surface area contributed by atoms with Gasteiger partial charge in [0, 0.05) is 47.7 Å². The van der Waals surface area contributed by atoms with Crippen LogP contribution in [-0.4, -0.2) is 4.57 Å². The summed E-state index contributed by atoms with van der Waals surface area (Å²) >= 11 is 0. The first kappa shape index (κ1) is 30.1. The molecule has 0 radical (unpaired) electrons. The summed E-state index contributed by atoms with van der Waals surface area (Å²) in [5, 5.41) is 2.58. The van der Waals surface area contributed by atoms with Crippen molar-refractivity contribution in [3.8, 4) is 28.1 Å². The molecule has 0 bridgehead atoms. The highest BCUT2D eigenvalue weighted by molar-refractivity contribution is 6.13. The number of fused-ring (bicyclic) bond motifs is 8. The molecule has 2 aliphatic heterocycles. The zero-order chi connectivity index (χ0) is 34.2. The van der Waals surface area contributed by atoms with Crippen LogP contribution in [0.5, 0.6) is 0 Å². The summed E-state index contributed by atoms with van der Waals surface area (Å²) in [6.07, 6.45) is 6.80. The number of rotatable bonds is 5. The van der Waals surface area contributed by atoms with E-state index in [1.807, 2.05) is 0 Å².